The van der Waals surface area contributed by atoms with Crippen LogP contribution in [-0.2, 0) is 16.1 Å². The Morgan fingerprint density at radius 3 is 2.58 bits per heavy atom. The minimum Gasteiger partial charge on any atom is -0.503 e. The SMILES string of the molecule is CCCCCOc1ccc(C2C(C(=O)/C=C/c3ccccc3)=C(O)C(=O)N2CCCn2ccnc2)cc1OCC. The molecule has 1 N–H and O–H groups in total. The smallest absolute Gasteiger partial charge is 0.290 e. The first-order valence-corrected chi connectivity index (χ1v) is 13.9. The quantitative estimate of drug-likeness (QED) is 0.189. The van der Waals surface area contributed by atoms with Crippen molar-refractivity contribution in [2.75, 3.05) is 19.8 Å². The number of unbranched alkanes of at least 4 members (excludes halogenated alkanes) is 2. The van der Waals surface area contributed by atoms with Crippen LogP contribution in [0.15, 0.2) is 84.7 Å². The van der Waals surface area contributed by atoms with Crippen molar-refractivity contribution in [2.45, 2.75) is 52.1 Å². The number of ether oxygens (including phenoxy) is 2. The Morgan fingerprint density at radius 2 is 1.85 bits per heavy atom. The molecule has 1 unspecified atom stereocenters. The average Bonchev–Trinajstić information content (AvgIpc) is 3.58. The van der Waals surface area contributed by atoms with Gasteiger partial charge in [-0.25, -0.2) is 4.98 Å². The van der Waals surface area contributed by atoms with Gasteiger partial charge in [-0.05, 0) is 49.1 Å². The van der Waals surface area contributed by atoms with Gasteiger partial charge in [0.15, 0.2) is 23.0 Å². The van der Waals surface area contributed by atoms with E-state index >= 15 is 0 Å². The van der Waals surface area contributed by atoms with Gasteiger partial charge in [-0.1, -0.05) is 62.2 Å². The molecule has 0 fully saturated rings. The molecule has 3 aromatic rings. The van der Waals surface area contributed by atoms with Gasteiger partial charge >= 0.3 is 0 Å². The van der Waals surface area contributed by atoms with Crippen LogP contribution in [0.1, 0.15) is 56.7 Å². The Hall–Kier alpha value is -4.33. The maximum Gasteiger partial charge on any atom is 0.290 e. The molecule has 1 aromatic heterocycles. The van der Waals surface area contributed by atoms with Crippen molar-refractivity contribution in [3.63, 3.8) is 0 Å². The molecule has 210 valence electrons. The molecule has 0 spiro atoms. The fraction of sp³-hybridized carbons (Fsp3) is 0.344. The minimum absolute atomic E-state index is 0.0545. The van der Waals surface area contributed by atoms with Gasteiger partial charge in [0.1, 0.15) is 0 Å². The van der Waals surface area contributed by atoms with Crippen molar-refractivity contribution >= 4 is 17.8 Å². The number of nitrogens with zero attached hydrogens (tertiary/aromatic N) is 3. The second-order valence-corrected chi connectivity index (χ2v) is 9.62. The van der Waals surface area contributed by atoms with Crippen LogP contribution in [0.4, 0.5) is 0 Å². The highest BCUT2D eigenvalue weighted by Gasteiger charge is 2.42. The number of imidazole rings is 1. The molecule has 8 nitrogen and oxygen atoms in total. The number of hydrogen-bond acceptors (Lipinski definition) is 6. The molecule has 40 heavy (non-hydrogen) atoms. The number of rotatable bonds is 15. The molecule has 8 heteroatoms. The Kier molecular flexibility index (Phi) is 10.2. The van der Waals surface area contributed by atoms with Crippen molar-refractivity contribution in [1.82, 2.24) is 14.5 Å². The molecule has 0 saturated carbocycles. The largest absolute Gasteiger partial charge is 0.503 e. The third-order valence-electron chi connectivity index (χ3n) is 6.76. The van der Waals surface area contributed by atoms with Crippen LogP contribution in [0.5, 0.6) is 11.5 Å². The summed E-state index contributed by atoms with van der Waals surface area (Å²) in [6.45, 7) is 6.02. The summed E-state index contributed by atoms with van der Waals surface area (Å²) < 4.78 is 13.8. The molecule has 0 bridgehead atoms. The number of benzene rings is 2. The Labute approximate surface area is 235 Å². The summed E-state index contributed by atoms with van der Waals surface area (Å²) in [7, 11) is 0. The summed E-state index contributed by atoms with van der Waals surface area (Å²) in [5.74, 6) is -0.351. The van der Waals surface area contributed by atoms with Crippen molar-refractivity contribution in [2.24, 2.45) is 0 Å². The molecular formula is C32H37N3O5. The molecule has 2 heterocycles. The zero-order chi connectivity index (χ0) is 28.3. The highest BCUT2D eigenvalue weighted by molar-refractivity contribution is 6.14. The van der Waals surface area contributed by atoms with Crippen LogP contribution in [0.25, 0.3) is 6.08 Å². The van der Waals surface area contributed by atoms with Gasteiger partial charge in [-0.3, -0.25) is 9.59 Å². The second kappa shape index (κ2) is 14.2. The van der Waals surface area contributed by atoms with Gasteiger partial charge < -0.3 is 24.0 Å². The van der Waals surface area contributed by atoms with Crippen LogP contribution in [0.3, 0.4) is 0 Å². The number of amides is 1. The lowest BCUT2D eigenvalue weighted by molar-refractivity contribution is -0.129. The average molecular weight is 544 g/mol. The number of allylic oxidation sites excluding steroid dienone is 1. The van der Waals surface area contributed by atoms with E-state index in [9.17, 15) is 14.7 Å². The Bertz CT molecular complexity index is 1330. The number of aryl methyl sites for hydroxylation is 1. The van der Waals surface area contributed by atoms with E-state index in [2.05, 4.69) is 11.9 Å². The summed E-state index contributed by atoms with van der Waals surface area (Å²) >= 11 is 0. The van der Waals surface area contributed by atoms with Crippen LogP contribution >= 0.6 is 0 Å². The summed E-state index contributed by atoms with van der Waals surface area (Å²) in [6.07, 6.45) is 12.1. The summed E-state index contributed by atoms with van der Waals surface area (Å²) in [5.41, 5.74) is 1.57. The summed E-state index contributed by atoms with van der Waals surface area (Å²) in [4.78, 5) is 32.4. The third-order valence-corrected chi connectivity index (χ3v) is 6.76. The molecule has 1 aliphatic rings. The zero-order valence-corrected chi connectivity index (χ0v) is 23.2. The van der Waals surface area contributed by atoms with Gasteiger partial charge in [0.05, 0.1) is 31.2 Å². The monoisotopic (exact) mass is 543 g/mol. The molecule has 2 aromatic carbocycles. The van der Waals surface area contributed by atoms with Crippen LogP contribution in [0, 0.1) is 0 Å². The minimum atomic E-state index is -0.767. The second-order valence-electron chi connectivity index (χ2n) is 9.62. The normalized spacial score (nSPS) is 15.3. The van der Waals surface area contributed by atoms with E-state index < -0.39 is 23.5 Å². The fourth-order valence-electron chi connectivity index (χ4n) is 4.77. The number of carbonyl (C=O) groups is 2. The molecule has 1 amide bonds. The first-order valence-electron chi connectivity index (χ1n) is 13.9. The van der Waals surface area contributed by atoms with Crippen molar-refractivity contribution in [3.8, 4) is 11.5 Å². The molecule has 4 rings (SSSR count). The number of aromatic nitrogens is 2. The number of carbonyl (C=O) groups excluding carboxylic acids is 2. The Morgan fingerprint density at radius 1 is 1.02 bits per heavy atom. The van der Waals surface area contributed by atoms with E-state index in [0.29, 0.717) is 49.8 Å². The van der Waals surface area contributed by atoms with Gasteiger partial charge in [-0.2, -0.15) is 0 Å². The lowest BCUT2D eigenvalue weighted by atomic mass is 9.95. The van der Waals surface area contributed by atoms with Gasteiger partial charge in [0.25, 0.3) is 5.91 Å². The highest BCUT2D eigenvalue weighted by atomic mass is 16.5. The highest BCUT2D eigenvalue weighted by Crippen LogP contribution is 2.41. The van der Waals surface area contributed by atoms with E-state index in [4.69, 9.17) is 9.47 Å². The van der Waals surface area contributed by atoms with E-state index in [1.54, 1.807) is 23.5 Å². The van der Waals surface area contributed by atoms with Crippen molar-refractivity contribution in [3.05, 3.63) is 95.8 Å². The van der Waals surface area contributed by atoms with Crippen LogP contribution < -0.4 is 9.47 Å². The van der Waals surface area contributed by atoms with Crippen LogP contribution in [-0.4, -0.2) is 51.0 Å². The predicted molar refractivity (Wildman–Crippen MR) is 154 cm³/mol. The lowest BCUT2D eigenvalue weighted by Crippen LogP contribution is -2.32. The molecule has 1 atom stereocenters. The zero-order valence-electron chi connectivity index (χ0n) is 23.2. The number of hydrogen-bond donors (Lipinski definition) is 1. The topological polar surface area (TPSA) is 93.9 Å². The van der Waals surface area contributed by atoms with E-state index in [0.717, 1.165) is 24.8 Å². The van der Waals surface area contributed by atoms with Crippen LogP contribution in [0.2, 0.25) is 0 Å². The molecule has 0 saturated heterocycles. The van der Waals surface area contributed by atoms with Gasteiger partial charge in [0.2, 0.25) is 0 Å². The van der Waals surface area contributed by atoms with E-state index in [1.807, 2.05) is 66.2 Å². The maximum absolute atomic E-state index is 13.5. The summed E-state index contributed by atoms with van der Waals surface area (Å²) in [6, 6.07) is 14.1. The number of aliphatic hydroxyl groups excluding tert-OH is 1. The maximum atomic E-state index is 13.5. The third kappa shape index (κ3) is 7.00. The standard InChI is InChI=1S/C32H37N3O5/c1-3-5-9-21-40-27-16-14-25(22-28(27)39-4-2)30-29(26(36)15-13-24-11-7-6-8-12-24)31(37)32(38)35(30)19-10-18-34-20-17-33-23-34/h6-8,11-17,20,22-23,30,37H,3-5,9-10,18-19,21H2,1-2H3/b15-13+. The first-order chi connectivity index (χ1) is 19.5. The fourth-order valence-corrected chi connectivity index (χ4v) is 4.77. The molecular weight excluding hydrogens is 506 g/mol. The van der Waals surface area contributed by atoms with E-state index in [1.165, 1.54) is 6.08 Å². The van der Waals surface area contributed by atoms with Crippen molar-refractivity contribution in [1.29, 1.82) is 0 Å². The number of ketones is 1. The predicted octanol–water partition coefficient (Wildman–Crippen LogP) is 5.92. The Balaban J connectivity index is 1.65. The molecule has 0 radical (unpaired) electrons. The molecule has 1 aliphatic heterocycles. The van der Waals surface area contributed by atoms with Gasteiger partial charge in [0, 0.05) is 25.5 Å². The molecule has 0 aliphatic carbocycles. The summed E-state index contributed by atoms with van der Waals surface area (Å²) in [5, 5.41) is 11.0. The number of aliphatic hydroxyl groups is 1. The van der Waals surface area contributed by atoms with Crippen molar-refractivity contribution < 1.29 is 24.2 Å². The first kappa shape index (κ1) is 28.7. The lowest BCUT2D eigenvalue weighted by Gasteiger charge is -2.27. The van der Waals surface area contributed by atoms with Gasteiger partial charge in [-0.15, -0.1) is 0 Å². The van der Waals surface area contributed by atoms with E-state index in [-0.39, 0.29) is 5.57 Å².